The molecule has 1 unspecified atom stereocenters. The minimum atomic E-state index is 0.0840. The van der Waals surface area contributed by atoms with Crippen molar-refractivity contribution in [3.8, 4) is 5.75 Å². The summed E-state index contributed by atoms with van der Waals surface area (Å²) in [7, 11) is 2.13. The van der Waals surface area contributed by atoms with Gasteiger partial charge in [-0.3, -0.25) is 0 Å². The molecule has 1 fully saturated rings. The first-order valence-corrected chi connectivity index (χ1v) is 7.03. The van der Waals surface area contributed by atoms with Gasteiger partial charge in [-0.1, -0.05) is 23.2 Å². The monoisotopic (exact) mass is 277 g/mol. The lowest BCUT2D eigenvalue weighted by Crippen LogP contribution is -2.40. The Bertz CT molecular complexity index is 488. The van der Waals surface area contributed by atoms with Gasteiger partial charge in [0.15, 0.2) is 5.84 Å². The molecule has 0 bridgehead atoms. The van der Waals surface area contributed by atoms with Crippen LogP contribution < -0.4 is 10.5 Å². The van der Waals surface area contributed by atoms with Gasteiger partial charge < -0.3 is 20.6 Å². The molecule has 0 radical (unpaired) electrons. The van der Waals surface area contributed by atoms with E-state index in [-0.39, 0.29) is 5.84 Å². The molecule has 0 amide bonds. The molecule has 1 atom stereocenters. The minimum absolute atomic E-state index is 0.0840. The predicted molar refractivity (Wildman–Crippen MR) is 79.5 cm³/mol. The molecule has 1 aliphatic rings. The number of nitrogens with zero attached hydrogens (tertiary/aromatic N) is 2. The van der Waals surface area contributed by atoms with E-state index >= 15 is 0 Å². The molecule has 1 aromatic rings. The molecule has 1 aromatic carbocycles. The van der Waals surface area contributed by atoms with Crippen molar-refractivity contribution in [2.45, 2.75) is 32.2 Å². The van der Waals surface area contributed by atoms with Crippen molar-refractivity contribution in [1.29, 1.82) is 0 Å². The number of ether oxygens (including phenoxy) is 1. The summed E-state index contributed by atoms with van der Waals surface area (Å²) >= 11 is 0. The Balaban J connectivity index is 2.09. The Morgan fingerprint density at radius 3 is 3.00 bits per heavy atom. The van der Waals surface area contributed by atoms with Crippen LogP contribution >= 0.6 is 0 Å². The Labute approximate surface area is 120 Å². The van der Waals surface area contributed by atoms with Gasteiger partial charge in [-0.25, -0.2) is 0 Å². The Hall–Kier alpha value is -1.75. The Kier molecular flexibility index (Phi) is 4.84. The van der Waals surface area contributed by atoms with E-state index in [0.717, 1.165) is 18.5 Å². The fourth-order valence-electron chi connectivity index (χ4n) is 2.56. The second-order valence-corrected chi connectivity index (χ2v) is 5.43. The lowest BCUT2D eigenvalue weighted by Gasteiger charge is -2.32. The SMILES string of the molecule is Cc1ccc(OCC2CCCCN2C)c(/C(N)=N/O)c1. The zero-order chi connectivity index (χ0) is 14.5. The minimum Gasteiger partial charge on any atom is -0.491 e. The fraction of sp³-hybridized carbons (Fsp3) is 0.533. The maximum Gasteiger partial charge on any atom is 0.173 e. The first kappa shape index (κ1) is 14.7. The summed E-state index contributed by atoms with van der Waals surface area (Å²) < 4.78 is 5.91. The first-order chi connectivity index (χ1) is 9.61. The maximum absolute atomic E-state index is 8.86. The van der Waals surface area contributed by atoms with Crippen LogP contribution in [0.5, 0.6) is 5.75 Å². The number of aryl methyl sites for hydroxylation is 1. The average Bonchev–Trinajstić information content (AvgIpc) is 2.46. The standard InChI is InChI=1S/C15H23N3O2/c1-11-6-7-14(13(9-11)15(16)17-19)20-10-12-5-3-4-8-18(12)2/h6-7,9,12,19H,3-5,8,10H2,1-2H3,(H2,16,17). The number of hydrogen-bond acceptors (Lipinski definition) is 4. The summed E-state index contributed by atoms with van der Waals surface area (Å²) in [6.07, 6.45) is 3.66. The van der Waals surface area contributed by atoms with Crippen molar-refractivity contribution in [3.05, 3.63) is 29.3 Å². The third-order valence-corrected chi connectivity index (χ3v) is 3.87. The van der Waals surface area contributed by atoms with Gasteiger partial charge in [0, 0.05) is 6.04 Å². The number of rotatable bonds is 4. The predicted octanol–water partition coefficient (Wildman–Crippen LogP) is 1.95. The zero-order valence-electron chi connectivity index (χ0n) is 12.2. The highest BCUT2D eigenvalue weighted by atomic mass is 16.5. The molecule has 5 heteroatoms. The van der Waals surface area contributed by atoms with E-state index in [1.807, 2.05) is 25.1 Å². The lowest BCUT2D eigenvalue weighted by molar-refractivity contribution is 0.125. The van der Waals surface area contributed by atoms with Crippen LogP contribution in [-0.2, 0) is 0 Å². The molecule has 5 nitrogen and oxygen atoms in total. The molecular weight excluding hydrogens is 254 g/mol. The number of hydrogen-bond donors (Lipinski definition) is 2. The van der Waals surface area contributed by atoms with E-state index in [2.05, 4.69) is 17.1 Å². The van der Waals surface area contributed by atoms with Gasteiger partial charge >= 0.3 is 0 Å². The van der Waals surface area contributed by atoms with Gasteiger partial charge in [0.05, 0.1) is 5.56 Å². The highest BCUT2D eigenvalue weighted by molar-refractivity contribution is 5.99. The first-order valence-electron chi connectivity index (χ1n) is 7.03. The number of likely N-dealkylation sites (N-methyl/N-ethyl adjacent to an activating group) is 1. The van der Waals surface area contributed by atoms with Crippen LogP contribution in [0, 0.1) is 6.92 Å². The highest BCUT2D eigenvalue weighted by Gasteiger charge is 2.20. The summed E-state index contributed by atoms with van der Waals surface area (Å²) in [6.45, 7) is 3.72. The number of likely N-dealkylation sites (tertiary alicyclic amines) is 1. The molecule has 1 heterocycles. The van der Waals surface area contributed by atoms with E-state index in [1.54, 1.807) is 0 Å². The van der Waals surface area contributed by atoms with E-state index in [9.17, 15) is 0 Å². The maximum atomic E-state index is 8.86. The van der Waals surface area contributed by atoms with E-state index in [0.29, 0.717) is 24.0 Å². The summed E-state index contributed by atoms with van der Waals surface area (Å²) in [5, 5.41) is 11.9. The summed E-state index contributed by atoms with van der Waals surface area (Å²) in [5.41, 5.74) is 7.40. The van der Waals surface area contributed by atoms with Crippen molar-refractivity contribution in [1.82, 2.24) is 4.90 Å². The van der Waals surface area contributed by atoms with Gasteiger partial charge in [0.25, 0.3) is 0 Å². The second kappa shape index (κ2) is 6.61. The zero-order valence-corrected chi connectivity index (χ0v) is 12.2. The molecule has 0 aliphatic carbocycles. The van der Waals surface area contributed by atoms with Crippen LogP contribution in [0.15, 0.2) is 23.4 Å². The topological polar surface area (TPSA) is 71.1 Å². The van der Waals surface area contributed by atoms with Gasteiger partial charge in [-0.05, 0) is 45.5 Å². The van der Waals surface area contributed by atoms with Crippen LogP contribution in [0.2, 0.25) is 0 Å². The van der Waals surface area contributed by atoms with Crippen molar-refractivity contribution in [3.63, 3.8) is 0 Å². The molecular formula is C15H23N3O2. The molecule has 20 heavy (non-hydrogen) atoms. The average molecular weight is 277 g/mol. The van der Waals surface area contributed by atoms with Crippen LogP contribution in [0.1, 0.15) is 30.4 Å². The van der Waals surface area contributed by atoms with Crippen LogP contribution in [0.4, 0.5) is 0 Å². The summed E-state index contributed by atoms with van der Waals surface area (Å²) in [4.78, 5) is 2.33. The molecule has 0 spiro atoms. The molecule has 3 N–H and O–H groups in total. The number of piperidine rings is 1. The Morgan fingerprint density at radius 2 is 2.30 bits per heavy atom. The quantitative estimate of drug-likeness (QED) is 0.382. The number of oxime groups is 1. The normalized spacial score (nSPS) is 20.9. The van der Waals surface area contributed by atoms with E-state index in [4.69, 9.17) is 15.7 Å². The van der Waals surface area contributed by atoms with Gasteiger partial charge in [-0.2, -0.15) is 0 Å². The van der Waals surface area contributed by atoms with Crippen LogP contribution in [0.25, 0.3) is 0 Å². The fourth-order valence-corrected chi connectivity index (χ4v) is 2.56. The van der Waals surface area contributed by atoms with Gasteiger partial charge in [0.1, 0.15) is 12.4 Å². The largest absolute Gasteiger partial charge is 0.491 e. The van der Waals surface area contributed by atoms with E-state index in [1.165, 1.54) is 12.8 Å². The molecule has 0 aromatic heterocycles. The number of amidine groups is 1. The van der Waals surface area contributed by atoms with Crippen molar-refractivity contribution >= 4 is 5.84 Å². The smallest absolute Gasteiger partial charge is 0.173 e. The van der Waals surface area contributed by atoms with Gasteiger partial charge in [-0.15, -0.1) is 0 Å². The number of nitrogens with two attached hydrogens (primary N) is 1. The Morgan fingerprint density at radius 1 is 1.50 bits per heavy atom. The van der Waals surface area contributed by atoms with Crippen LogP contribution in [-0.4, -0.2) is 42.2 Å². The molecule has 1 aliphatic heterocycles. The van der Waals surface area contributed by atoms with Gasteiger partial charge in [0.2, 0.25) is 0 Å². The third-order valence-electron chi connectivity index (χ3n) is 3.87. The second-order valence-electron chi connectivity index (χ2n) is 5.43. The van der Waals surface area contributed by atoms with Crippen molar-refractivity contribution < 1.29 is 9.94 Å². The highest BCUT2D eigenvalue weighted by Crippen LogP contribution is 2.22. The summed E-state index contributed by atoms with van der Waals surface area (Å²) in [5.74, 6) is 0.755. The lowest BCUT2D eigenvalue weighted by atomic mass is 10.0. The molecule has 1 saturated heterocycles. The number of benzene rings is 1. The van der Waals surface area contributed by atoms with Crippen molar-refractivity contribution in [2.75, 3.05) is 20.2 Å². The molecule has 0 saturated carbocycles. The molecule has 2 rings (SSSR count). The summed E-state index contributed by atoms with van der Waals surface area (Å²) in [6, 6.07) is 6.15. The molecule has 110 valence electrons. The van der Waals surface area contributed by atoms with E-state index < -0.39 is 0 Å². The van der Waals surface area contributed by atoms with Crippen LogP contribution in [0.3, 0.4) is 0 Å². The van der Waals surface area contributed by atoms with Crippen molar-refractivity contribution in [2.24, 2.45) is 10.9 Å². The third kappa shape index (κ3) is 3.42.